The van der Waals surface area contributed by atoms with Gasteiger partial charge < -0.3 is 10.2 Å². The highest BCUT2D eigenvalue weighted by Crippen LogP contribution is 2.22. The highest BCUT2D eigenvalue weighted by molar-refractivity contribution is 5.62. The third kappa shape index (κ3) is 3.26. The molecule has 0 atom stereocenters. The first-order chi connectivity index (χ1) is 13.9. The van der Waals surface area contributed by atoms with Crippen LogP contribution in [0.4, 0.5) is 17.5 Å². The lowest BCUT2D eigenvalue weighted by atomic mass is 10.1. The zero-order chi connectivity index (χ0) is 18.8. The summed E-state index contributed by atoms with van der Waals surface area (Å²) < 4.78 is 2.01. The van der Waals surface area contributed by atoms with Crippen molar-refractivity contribution < 1.29 is 0 Å². The average Bonchev–Trinajstić information content (AvgIpc) is 3.19. The second-order valence-electron chi connectivity index (χ2n) is 6.91. The van der Waals surface area contributed by atoms with Gasteiger partial charge in [0.2, 0.25) is 5.95 Å². The van der Waals surface area contributed by atoms with E-state index in [1.165, 1.54) is 24.9 Å². The molecule has 1 fully saturated rings. The summed E-state index contributed by atoms with van der Waals surface area (Å²) in [5.41, 5.74) is 3.79. The van der Waals surface area contributed by atoms with Gasteiger partial charge >= 0.3 is 0 Å². The molecule has 0 amide bonds. The highest BCUT2D eigenvalue weighted by Gasteiger charge is 2.12. The van der Waals surface area contributed by atoms with E-state index in [1.807, 2.05) is 53.3 Å². The van der Waals surface area contributed by atoms with Gasteiger partial charge in [-0.15, -0.1) is 0 Å². The number of imidazole rings is 1. The molecule has 0 spiro atoms. The lowest BCUT2D eigenvalue weighted by Gasteiger charge is -2.28. The number of aromatic nitrogens is 5. The summed E-state index contributed by atoms with van der Waals surface area (Å²) in [6.45, 7) is 2.22. The summed E-state index contributed by atoms with van der Waals surface area (Å²) in [6, 6.07) is 11.9. The van der Waals surface area contributed by atoms with Crippen molar-refractivity contribution >= 4 is 23.1 Å². The molecule has 4 aromatic heterocycles. The Morgan fingerprint density at radius 3 is 2.64 bits per heavy atom. The Morgan fingerprint density at radius 2 is 1.79 bits per heavy atom. The molecule has 7 heteroatoms. The quantitative estimate of drug-likeness (QED) is 0.586. The van der Waals surface area contributed by atoms with Gasteiger partial charge in [0.05, 0.1) is 29.5 Å². The molecule has 140 valence electrons. The van der Waals surface area contributed by atoms with Crippen LogP contribution in [0.25, 0.3) is 17.0 Å². The molecule has 7 nitrogen and oxygen atoms in total. The fourth-order valence-electron chi connectivity index (χ4n) is 3.60. The number of anilines is 3. The summed E-state index contributed by atoms with van der Waals surface area (Å²) in [5, 5.41) is 3.20. The molecule has 0 aliphatic carbocycles. The van der Waals surface area contributed by atoms with Crippen molar-refractivity contribution in [3.8, 4) is 11.4 Å². The normalized spacial score (nSPS) is 14.4. The molecule has 1 N–H and O–H groups in total. The standard InChI is InChI=1S/C21H21N7/c1-3-11-27(12-4-1)16-7-8-19(23-14-16)26-21-22-10-9-17(25-21)18-15-24-20-6-2-5-13-28(18)20/h2,5-10,13-15H,1,3-4,11-12H2,(H,22,23,25,26). The van der Waals surface area contributed by atoms with Crippen LogP contribution in [0.5, 0.6) is 0 Å². The molecule has 28 heavy (non-hydrogen) atoms. The van der Waals surface area contributed by atoms with Crippen LogP contribution in [0.1, 0.15) is 19.3 Å². The Balaban J connectivity index is 1.37. The molecule has 4 aromatic rings. The molecule has 0 bridgehead atoms. The van der Waals surface area contributed by atoms with Crippen molar-refractivity contribution in [2.24, 2.45) is 0 Å². The maximum absolute atomic E-state index is 4.64. The Hall–Kier alpha value is -3.48. The number of fused-ring (bicyclic) bond motifs is 1. The Kier molecular flexibility index (Phi) is 4.33. The molecular weight excluding hydrogens is 350 g/mol. The van der Waals surface area contributed by atoms with E-state index in [-0.39, 0.29) is 0 Å². The Bertz CT molecular complexity index is 1080. The molecule has 0 aromatic carbocycles. The number of nitrogens with zero attached hydrogens (tertiary/aromatic N) is 6. The van der Waals surface area contributed by atoms with E-state index in [0.717, 1.165) is 35.9 Å². The molecule has 1 saturated heterocycles. The minimum Gasteiger partial charge on any atom is -0.370 e. The van der Waals surface area contributed by atoms with Crippen LogP contribution < -0.4 is 10.2 Å². The molecule has 5 rings (SSSR count). The van der Waals surface area contributed by atoms with Gasteiger partial charge in [0.1, 0.15) is 11.5 Å². The van der Waals surface area contributed by atoms with Gasteiger partial charge in [-0.1, -0.05) is 6.07 Å². The van der Waals surface area contributed by atoms with Gasteiger partial charge in [-0.25, -0.2) is 19.9 Å². The maximum Gasteiger partial charge on any atom is 0.228 e. The summed E-state index contributed by atoms with van der Waals surface area (Å²) >= 11 is 0. The first-order valence-corrected chi connectivity index (χ1v) is 9.60. The highest BCUT2D eigenvalue weighted by atomic mass is 15.2. The Morgan fingerprint density at radius 1 is 0.857 bits per heavy atom. The van der Waals surface area contributed by atoms with Crippen LogP contribution in [0.3, 0.4) is 0 Å². The van der Waals surface area contributed by atoms with Crippen molar-refractivity contribution in [2.45, 2.75) is 19.3 Å². The topological polar surface area (TPSA) is 71.2 Å². The van der Waals surface area contributed by atoms with Gasteiger partial charge in [0.25, 0.3) is 0 Å². The minimum atomic E-state index is 0.515. The van der Waals surface area contributed by atoms with Gasteiger partial charge in [-0.3, -0.25) is 4.40 Å². The molecule has 1 aliphatic rings. The SMILES string of the molecule is c1ccn2c(-c3ccnc(Nc4ccc(N5CCCCC5)cn4)n3)cnc2c1. The monoisotopic (exact) mass is 371 g/mol. The molecule has 0 saturated carbocycles. The fourth-order valence-corrected chi connectivity index (χ4v) is 3.60. The number of rotatable bonds is 4. The van der Waals surface area contributed by atoms with E-state index in [1.54, 1.807) is 6.20 Å². The van der Waals surface area contributed by atoms with Gasteiger partial charge in [0.15, 0.2) is 0 Å². The predicted molar refractivity (Wildman–Crippen MR) is 110 cm³/mol. The van der Waals surface area contributed by atoms with E-state index in [0.29, 0.717) is 5.95 Å². The first-order valence-electron chi connectivity index (χ1n) is 9.60. The fraction of sp³-hybridized carbons (Fsp3) is 0.238. The van der Waals surface area contributed by atoms with E-state index in [9.17, 15) is 0 Å². The molecule has 1 aliphatic heterocycles. The Labute approximate surface area is 163 Å². The van der Waals surface area contributed by atoms with E-state index in [2.05, 4.69) is 36.2 Å². The van der Waals surface area contributed by atoms with Crippen molar-refractivity contribution in [2.75, 3.05) is 23.3 Å². The maximum atomic E-state index is 4.64. The number of pyridine rings is 2. The van der Waals surface area contributed by atoms with E-state index in [4.69, 9.17) is 0 Å². The lowest BCUT2D eigenvalue weighted by Crippen LogP contribution is -2.29. The first kappa shape index (κ1) is 16.7. The summed E-state index contributed by atoms with van der Waals surface area (Å²) in [7, 11) is 0. The van der Waals surface area contributed by atoms with Crippen LogP contribution in [-0.2, 0) is 0 Å². The molecule has 0 radical (unpaired) electrons. The van der Waals surface area contributed by atoms with E-state index < -0.39 is 0 Å². The van der Waals surface area contributed by atoms with E-state index >= 15 is 0 Å². The van der Waals surface area contributed by atoms with Gasteiger partial charge in [-0.2, -0.15) is 0 Å². The van der Waals surface area contributed by atoms with Crippen molar-refractivity contribution in [3.05, 3.63) is 61.2 Å². The van der Waals surface area contributed by atoms with Crippen LogP contribution in [0, 0.1) is 0 Å². The van der Waals surface area contributed by atoms with Gasteiger partial charge in [-0.05, 0) is 49.6 Å². The lowest BCUT2D eigenvalue weighted by molar-refractivity contribution is 0.577. The van der Waals surface area contributed by atoms with Crippen LogP contribution in [0.2, 0.25) is 0 Å². The average molecular weight is 371 g/mol. The number of nitrogens with one attached hydrogen (secondary N) is 1. The number of hydrogen-bond acceptors (Lipinski definition) is 6. The zero-order valence-electron chi connectivity index (χ0n) is 15.5. The number of hydrogen-bond donors (Lipinski definition) is 1. The second kappa shape index (κ2) is 7.26. The molecule has 5 heterocycles. The third-order valence-electron chi connectivity index (χ3n) is 5.04. The smallest absolute Gasteiger partial charge is 0.228 e. The van der Waals surface area contributed by atoms with Crippen molar-refractivity contribution in [1.82, 2.24) is 24.3 Å². The molecular formula is C21H21N7. The zero-order valence-corrected chi connectivity index (χ0v) is 15.5. The van der Waals surface area contributed by atoms with Crippen molar-refractivity contribution in [3.63, 3.8) is 0 Å². The van der Waals surface area contributed by atoms with Crippen LogP contribution in [-0.4, -0.2) is 37.4 Å². The largest absolute Gasteiger partial charge is 0.370 e. The molecule has 0 unspecified atom stereocenters. The minimum absolute atomic E-state index is 0.515. The van der Waals surface area contributed by atoms with Crippen molar-refractivity contribution in [1.29, 1.82) is 0 Å². The summed E-state index contributed by atoms with van der Waals surface area (Å²) in [6.07, 6.45) is 11.3. The predicted octanol–water partition coefficient (Wildman–Crippen LogP) is 3.92. The second-order valence-corrected chi connectivity index (χ2v) is 6.91. The summed E-state index contributed by atoms with van der Waals surface area (Å²) in [5.74, 6) is 1.25. The van der Waals surface area contributed by atoms with Crippen LogP contribution in [0.15, 0.2) is 61.2 Å². The third-order valence-corrected chi connectivity index (χ3v) is 5.04. The number of piperidine rings is 1. The summed E-state index contributed by atoms with van der Waals surface area (Å²) in [4.78, 5) is 20.3. The van der Waals surface area contributed by atoms with Gasteiger partial charge in [0, 0.05) is 25.5 Å². The van der Waals surface area contributed by atoms with Crippen LogP contribution >= 0.6 is 0 Å².